The van der Waals surface area contributed by atoms with Gasteiger partial charge >= 0.3 is 0 Å². The van der Waals surface area contributed by atoms with Gasteiger partial charge in [-0.05, 0) is 37.0 Å². The Balaban J connectivity index is 1.53. The summed E-state index contributed by atoms with van der Waals surface area (Å²) in [6.45, 7) is 2.20. The van der Waals surface area contributed by atoms with Crippen LogP contribution in [-0.4, -0.2) is 44.3 Å². The van der Waals surface area contributed by atoms with Gasteiger partial charge in [0.25, 0.3) is 11.8 Å². The zero-order valence-electron chi connectivity index (χ0n) is 16.9. The van der Waals surface area contributed by atoms with Crippen LogP contribution in [0.3, 0.4) is 0 Å². The van der Waals surface area contributed by atoms with Crippen molar-refractivity contribution in [1.29, 1.82) is 0 Å². The predicted octanol–water partition coefficient (Wildman–Crippen LogP) is 1.70. The molecule has 4 atom stereocenters. The van der Waals surface area contributed by atoms with Crippen molar-refractivity contribution in [3.63, 3.8) is 0 Å². The van der Waals surface area contributed by atoms with E-state index < -0.39 is 34.8 Å². The summed E-state index contributed by atoms with van der Waals surface area (Å²) in [7, 11) is 0. The molecule has 2 amide bonds. The minimum Gasteiger partial charge on any atom is -0.503 e. The molecule has 162 valence electrons. The molecule has 3 N–H and O–H groups in total. The molecule has 1 saturated heterocycles. The van der Waals surface area contributed by atoms with Crippen LogP contribution in [0.25, 0.3) is 0 Å². The number of primary amides is 1. The Hall–Kier alpha value is -3.20. The maximum atomic E-state index is 13.4. The summed E-state index contributed by atoms with van der Waals surface area (Å²) >= 11 is 0. The highest BCUT2D eigenvalue weighted by Crippen LogP contribution is 2.51. The van der Waals surface area contributed by atoms with Crippen molar-refractivity contribution in [3.05, 3.63) is 63.3 Å². The Kier molecular flexibility index (Phi) is 4.23. The number of nitrogens with two attached hydrogens (primary N) is 1. The van der Waals surface area contributed by atoms with E-state index in [2.05, 4.69) is 0 Å². The van der Waals surface area contributed by atoms with Crippen LogP contribution >= 0.6 is 0 Å². The number of ether oxygens (including phenoxy) is 1. The molecule has 3 unspecified atom stereocenters. The second-order valence-corrected chi connectivity index (χ2v) is 8.61. The first-order valence-electron chi connectivity index (χ1n) is 10.2. The fourth-order valence-electron chi connectivity index (χ4n) is 5.38. The van der Waals surface area contributed by atoms with Crippen LogP contribution in [0, 0.1) is 5.82 Å². The Morgan fingerprint density at radius 3 is 2.71 bits per heavy atom. The van der Waals surface area contributed by atoms with E-state index in [0.717, 1.165) is 18.4 Å². The maximum Gasteiger partial charge on any atom is 0.276 e. The first-order chi connectivity index (χ1) is 14.7. The molecule has 1 saturated carbocycles. The first kappa shape index (κ1) is 19.7. The molecule has 2 aromatic rings. The van der Waals surface area contributed by atoms with Crippen molar-refractivity contribution in [2.75, 3.05) is 0 Å². The van der Waals surface area contributed by atoms with Gasteiger partial charge in [-0.2, -0.15) is 0 Å². The smallest absolute Gasteiger partial charge is 0.276 e. The SMILES string of the molecule is C[C@@H](c1ccc(F)cc1)C12CCC(C1)N1C(=O)c3c(O)c(=O)c(C(N)=O)cn3CC1O2. The standard InChI is InChI=1S/C22H22FN3O5/c1-11(12-2-4-13(23)5-3-12)22-7-6-14(8-22)26-16(31-22)10-25-9-15(20(24)29)18(27)19(28)17(25)21(26)30/h2-5,9,11,14,16,28H,6-8,10H2,1H3,(H2,24,29)/t11-,14?,16?,22?/m0/s1. The highest BCUT2D eigenvalue weighted by Gasteiger charge is 2.56. The molecule has 1 aliphatic carbocycles. The molecule has 5 rings (SSSR count). The minimum absolute atomic E-state index is 0.0275. The predicted molar refractivity (Wildman–Crippen MR) is 107 cm³/mol. The third kappa shape index (κ3) is 2.79. The fraction of sp³-hybridized carbons (Fsp3) is 0.409. The molecule has 1 aromatic carbocycles. The van der Waals surface area contributed by atoms with Gasteiger partial charge in [0, 0.05) is 18.2 Å². The molecular formula is C22H22FN3O5. The summed E-state index contributed by atoms with van der Waals surface area (Å²) in [6, 6.07) is 6.25. The van der Waals surface area contributed by atoms with Gasteiger partial charge in [-0.1, -0.05) is 19.1 Å². The molecule has 31 heavy (non-hydrogen) atoms. The van der Waals surface area contributed by atoms with Crippen molar-refractivity contribution in [3.8, 4) is 5.75 Å². The normalized spacial score (nSPS) is 27.5. The number of halogens is 1. The number of carbonyl (C=O) groups is 2. The van der Waals surface area contributed by atoms with Crippen LogP contribution in [0.1, 0.15) is 58.5 Å². The topological polar surface area (TPSA) is 115 Å². The number of aromatic hydroxyl groups is 1. The van der Waals surface area contributed by atoms with Gasteiger partial charge in [-0.25, -0.2) is 4.39 Å². The number of aromatic nitrogens is 1. The summed E-state index contributed by atoms with van der Waals surface area (Å²) in [4.78, 5) is 38.7. The second-order valence-electron chi connectivity index (χ2n) is 8.61. The number of fused-ring (bicyclic) bond motifs is 5. The van der Waals surface area contributed by atoms with E-state index >= 15 is 0 Å². The monoisotopic (exact) mass is 427 g/mol. The Labute approximate surface area is 177 Å². The average molecular weight is 427 g/mol. The Morgan fingerprint density at radius 2 is 2.03 bits per heavy atom. The van der Waals surface area contributed by atoms with E-state index in [0.29, 0.717) is 6.42 Å². The first-order valence-corrected chi connectivity index (χ1v) is 10.2. The van der Waals surface area contributed by atoms with Crippen LogP contribution in [-0.2, 0) is 11.3 Å². The number of pyridine rings is 1. The lowest BCUT2D eigenvalue weighted by atomic mass is 9.80. The number of rotatable bonds is 3. The van der Waals surface area contributed by atoms with Crippen molar-refractivity contribution in [2.45, 2.75) is 56.5 Å². The number of nitrogens with zero attached hydrogens (tertiary/aromatic N) is 2. The van der Waals surface area contributed by atoms with E-state index in [1.807, 2.05) is 6.92 Å². The summed E-state index contributed by atoms with van der Waals surface area (Å²) in [5.41, 5.74) is 4.21. The van der Waals surface area contributed by atoms with Crippen LogP contribution in [0.15, 0.2) is 35.3 Å². The number of amides is 2. The fourth-order valence-corrected chi connectivity index (χ4v) is 5.38. The second kappa shape index (κ2) is 6.65. The van der Waals surface area contributed by atoms with Crippen molar-refractivity contribution in [1.82, 2.24) is 9.47 Å². The maximum absolute atomic E-state index is 13.4. The lowest BCUT2D eigenvalue weighted by Gasteiger charge is -2.50. The lowest BCUT2D eigenvalue weighted by molar-refractivity contribution is -0.192. The van der Waals surface area contributed by atoms with Crippen molar-refractivity contribution in [2.24, 2.45) is 5.73 Å². The van der Waals surface area contributed by atoms with Gasteiger partial charge in [-0.15, -0.1) is 0 Å². The van der Waals surface area contributed by atoms with E-state index in [1.54, 1.807) is 17.0 Å². The number of hydrogen-bond acceptors (Lipinski definition) is 5. The third-order valence-electron chi connectivity index (χ3n) is 7.03. The summed E-state index contributed by atoms with van der Waals surface area (Å²) < 4.78 is 21.3. The molecule has 0 radical (unpaired) electrons. The average Bonchev–Trinajstić information content (AvgIpc) is 3.08. The Morgan fingerprint density at radius 1 is 1.32 bits per heavy atom. The zero-order chi connectivity index (χ0) is 22.1. The van der Waals surface area contributed by atoms with E-state index in [1.165, 1.54) is 22.9 Å². The zero-order valence-corrected chi connectivity index (χ0v) is 16.9. The molecule has 3 heterocycles. The lowest BCUT2D eigenvalue weighted by Crippen LogP contribution is -2.60. The summed E-state index contributed by atoms with van der Waals surface area (Å²) in [5, 5.41) is 10.4. The minimum atomic E-state index is -0.975. The summed E-state index contributed by atoms with van der Waals surface area (Å²) in [6.07, 6.45) is 2.65. The van der Waals surface area contributed by atoms with Crippen LogP contribution in [0.5, 0.6) is 5.75 Å². The molecule has 2 aliphatic heterocycles. The molecule has 2 fully saturated rings. The van der Waals surface area contributed by atoms with Crippen LogP contribution < -0.4 is 11.2 Å². The molecule has 8 nitrogen and oxygen atoms in total. The van der Waals surface area contributed by atoms with Gasteiger partial charge in [0.2, 0.25) is 5.43 Å². The molecule has 3 aliphatic rings. The van der Waals surface area contributed by atoms with Gasteiger partial charge in [0.15, 0.2) is 17.7 Å². The molecule has 2 bridgehead atoms. The number of hydrogen-bond donors (Lipinski definition) is 2. The van der Waals surface area contributed by atoms with Gasteiger partial charge < -0.3 is 25.0 Å². The molecule has 9 heteroatoms. The van der Waals surface area contributed by atoms with Gasteiger partial charge in [0.05, 0.1) is 12.1 Å². The molecule has 0 spiro atoms. The van der Waals surface area contributed by atoms with E-state index in [-0.39, 0.29) is 35.6 Å². The van der Waals surface area contributed by atoms with Gasteiger partial charge in [-0.3, -0.25) is 14.4 Å². The van der Waals surface area contributed by atoms with Crippen molar-refractivity contribution < 1.29 is 23.8 Å². The highest BCUT2D eigenvalue weighted by atomic mass is 19.1. The number of carbonyl (C=O) groups excluding carboxylic acids is 2. The van der Waals surface area contributed by atoms with Crippen LogP contribution in [0.4, 0.5) is 4.39 Å². The molecule has 1 aromatic heterocycles. The number of benzene rings is 1. The van der Waals surface area contributed by atoms with Crippen molar-refractivity contribution >= 4 is 11.8 Å². The quantitative estimate of drug-likeness (QED) is 0.774. The van der Waals surface area contributed by atoms with Crippen LogP contribution in [0.2, 0.25) is 0 Å². The highest BCUT2D eigenvalue weighted by molar-refractivity contribution is 5.98. The largest absolute Gasteiger partial charge is 0.503 e. The van der Waals surface area contributed by atoms with E-state index in [9.17, 15) is 23.9 Å². The van der Waals surface area contributed by atoms with Gasteiger partial charge in [0.1, 0.15) is 11.4 Å². The van der Waals surface area contributed by atoms with E-state index in [4.69, 9.17) is 10.5 Å². The summed E-state index contributed by atoms with van der Waals surface area (Å²) in [5.74, 6) is -2.58. The Bertz CT molecular complexity index is 1160. The third-order valence-corrected chi connectivity index (χ3v) is 7.03. The molecular weight excluding hydrogens is 405 g/mol.